The SMILES string of the molecule is O=Cc1ccc(OCCn2ccccc2=O)cn1. The predicted molar refractivity (Wildman–Crippen MR) is 65.8 cm³/mol. The molecule has 2 aromatic heterocycles. The Balaban J connectivity index is 1.90. The molecule has 2 rings (SSSR count). The van der Waals surface area contributed by atoms with Crippen LogP contribution in [0, 0.1) is 0 Å². The highest BCUT2D eigenvalue weighted by Crippen LogP contribution is 2.07. The van der Waals surface area contributed by atoms with E-state index in [0.29, 0.717) is 30.9 Å². The van der Waals surface area contributed by atoms with Gasteiger partial charge in [-0.2, -0.15) is 0 Å². The van der Waals surface area contributed by atoms with Crippen molar-refractivity contribution in [3.63, 3.8) is 0 Å². The topological polar surface area (TPSA) is 61.2 Å². The maximum atomic E-state index is 11.4. The Labute approximate surface area is 104 Å². The summed E-state index contributed by atoms with van der Waals surface area (Å²) < 4.78 is 6.99. The first-order valence-electron chi connectivity index (χ1n) is 5.49. The molecule has 0 fully saturated rings. The van der Waals surface area contributed by atoms with Gasteiger partial charge >= 0.3 is 0 Å². The van der Waals surface area contributed by atoms with Gasteiger partial charge in [-0.1, -0.05) is 6.07 Å². The van der Waals surface area contributed by atoms with Crippen LogP contribution in [0.25, 0.3) is 0 Å². The first-order valence-corrected chi connectivity index (χ1v) is 5.49. The van der Waals surface area contributed by atoms with E-state index in [1.54, 1.807) is 35.0 Å². The van der Waals surface area contributed by atoms with Gasteiger partial charge in [0, 0.05) is 12.3 Å². The Bertz CT molecular complexity index is 575. The fourth-order valence-electron chi connectivity index (χ4n) is 1.45. The molecule has 0 saturated heterocycles. The Kier molecular flexibility index (Phi) is 3.86. The van der Waals surface area contributed by atoms with E-state index in [4.69, 9.17) is 4.74 Å². The number of aldehydes is 1. The highest BCUT2D eigenvalue weighted by molar-refractivity contribution is 5.71. The monoisotopic (exact) mass is 244 g/mol. The molecule has 0 atom stereocenters. The number of ether oxygens (including phenoxy) is 1. The quantitative estimate of drug-likeness (QED) is 0.740. The molecule has 0 N–H and O–H groups in total. The van der Waals surface area contributed by atoms with E-state index in [-0.39, 0.29) is 5.56 Å². The fourth-order valence-corrected chi connectivity index (χ4v) is 1.45. The lowest BCUT2D eigenvalue weighted by Gasteiger charge is -2.07. The summed E-state index contributed by atoms with van der Waals surface area (Å²) in [6, 6.07) is 8.24. The predicted octanol–water partition coefficient (Wildman–Crippen LogP) is 1.13. The zero-order valence-electron chi connectivity index (χ0n) is 9.65. The summed E-state index contributed by atoms with van der Waals surface area (Å²) in [6.45, 7) is 0.834. The number of nitrogens with zero attached hydrogens (tertiary/aromatic N) is 2. The van der Waals surface area contributed by atoms with Crippen LogP contribution in [-0.4, -0.2) is 22.4 Å². The van der Waals surface area contributed by atoms with E-state index in [0.717, 1.165) is 0 Å². The minimum absolute atomic E-state index is 0.0597. The summed E-state index contributed by atoms with van der Waals surface area (Å²) in [5.41, 5.74) is 0.303. The molecular formula is C13H12N2O3. The van der Waals surface area contributed by atoms with Crippen molar-refractivity contribution < 1.29 is 9.53 Å². The molecule has 18 heavy (non-hydrogen) atoms. The summed E-state index contributed by atoms with van der Waals surface area (Å²) in [5, 5.41) is 0. The Morgan fingerprint density at radius 1 is 1.28 bits per heavy atom. The van der Waals surface area contributed by atoms with Gasteiger partial charge in [-0.25, -0.2) is 4.98 Å². The zero-order valence-corrected chi connectivity index (χ0v) is 9.65. The van der Waals surface area contributed by atoms with Gasteiger partial charge in [-0.05, 0) is 18.2 Å². The number of hydrogen-bond acceptors (Lipinski definition) is 4. The molecule has 0 saturated carbocycles. The molecular weight excluding hydrogens is 232 g/mol. The van der Waals surface area contributed by atoms with Crippen molar-refractivity contribution in [3.8, 4) is 5.75 Å². The molecule has 2 aromatic rings. The average molecular weight is 244 g/mol. The van der Waals surface area contributed by atoms with Crippen LogP contribution in [0.1, 0.15) is 10.5 Å². The van der Waals surface area contributed by atoms with Gasteiger partial charge in [0.25, 0.3) is 5.56 Å². The highest BCUT2D eigenvalue weighted by atomic mass is 16.5. The lowest BCUT2D eigenvalue weighted by molar-refractivity contribution is 0.111. The third-order valence-electron chi connectivity index (χ3n) is 2.38. The normalized spacial score (nSPS) is 10.0. The van der Waals surface area contributed by atoms with E-state index in [1.165, 1.54) is 12.3 Å². The second kappa shape index (κ2) is 5.77. The molecule has 0 spiro atoms. The van der Waals surface area contributed by atoms with Gasteiger partial charge in [0.2, 0.25) is 0 Å². The summed E-state index contributed by atoms with van der Waals surface area (Å²) in [6.07, 6.45) is 3.87. The van der Waals surface area contributed by atoms with Crippen molar-refractivity contribution in [2.45, 2.75) is 6.54 Å². The number of hydrogen-bond donors (Lipinski definition) is 0. The third kappa shape index (κ3) is 3.04. The second-order valence-electron chi connectivity index (χ2n) is 3.62. The second-order valence-corrected chi connectivity index (χ2v) is 3.62. The summed E-state index contributed by atoms with van der Waals surface area (Å²) in [4.78, 5) is 25.7. The number of carbonyl (C=O) groups is 1. The fraction of sp³-hybridized carbons (Fsp3) is 0.154. The first-order chi connectivity index (χ1) is 8.79. The number of rotatable bonds is 5. The van der Waals surface area contributed by atoms with Crippen molar-refractivity contribution in [2.24, 2.45) is 0 Å². The molecule has 0 aliphatic carbocycles. The molecule has 5 heteroatoms. The van der Waals surface area contributed by atoms with Gasteiger partial charge < -0.3 is 9.30 Å². The number of pyridine rings is 2. The standard InChI is InChI=1S/C13H12N2O3/c16-10-11-4-5-12(9-14-11)18-8-7-15-6-2-1-3-13(15)17/h1-6,9-10H,7-8H2. The molecule has 0 unspecified atom stereocenters. The largest absolute Gasteiger partial charge is 0.490 e. The first kappa shape index (κ1) is 12.0. The van der Waals surface area contributed by atoms with Crippen molar-refractivity contribution in [2.75, 3.05) is 6.61 Å². The lowest BCUT2D eigenvalue weighted by atomic mass is 10.4. The van der Waals surface area contributed by atoms with Crippen LogP contribution in [0.5, 0.6) is 5.75 Å². The maximum Gasteiger partial charge on any atom is 0.250 e. The van der Waals surface area contributed by atoms with E-state index in [2.05, 4.69) is 4.98 Å². The molecule has 92 valence electrons. The zero-order chi connectivity index (χ0) is 12.8. The van der Waals surface area contributed by atoms with Crippen LogP contribution in [0.2, 0.25) is 0 Å². The summed E-state index contributed by atoms with van der Waals surface area (Å²) in [5.74, 6) is 0.574. The van der Waals surface area contributed by atoms with Crippen LogP contribution in [-0.2, 0) is 6.54 Å². The highest BCUT2D eigenvalue weighted by Gasteiger charge is 1.97. The van der Waals surface area contributed by atoms with Gasteiger partial charge in [-0.15, -0.1) is 0 Å². The van der Waals surface area contributed by atoms with Crippen molar-refractivity contribution in [1.29, 1.82) is 0 Å². The Morgan fingerprint density at radius 3 is 2.83 bits per heavy atom. The van der Waals surface area contributed by atoms with Crippen molar-refractivity contribution in [1.82, 2.24) is 9.55 Å². The van der Waals surface area contributed by atoms with Crippen molar-refractivity contribution >= 4 is 6.29 Å². The van der Waals surface area contributed by atoms with E-state index >= 15 is 0 Å². The van der Waals surface area contributed by atoms with E-state index in [9.17, 15) is 9.59 Å². The Morgan fingerprint density at radius 2 is 2.17 bits per heavy atom. The number of aromatic nitrogens is 2. The molecule has 0 amide bonds. The summed E-state index contributed by atoms with van der Waals surface area (Å²) in [7, 11) is 0. The minimum Gasteiger partial charge on any atom is -0.490 e. The van der Waals surface area contributed by atoms with Crippen LogP contribution in [0.3, 0.4) is 0 Å². The molecule has 0 aliphatic heterocycles. The third-order valence-corrected chi connectivity index (χ3v) is 2.38. The minimum atomic E-state index is -0.0597. The van der Waals surface area contributed by atoms with Crippen LogP contribution in [0.15, 0.2) is 47.5 Å². The van der Waals surface area contributed by atoms with Gasteiger partial charge in [0.05, 0.1) is 12.7 Å². The molecule has 0 aliphatic rings. The molecule has 0 bridgehead atoms. The van der Waals surface area contributed by atoms with Crippen LogP contribution in [0.4, 0.5) is 0 Å². The van der Waals surface area contributed by atoms with Gasteiger partial charge in [-0.3, -0.25) is 9.59 Å². The van der Waals surface area contributed by atoms with Gasteiger partial charge in [0.15, 0.2) is 6.29 Å². The van der Waals surface area contributed by atoms with E-state index in [1.807, 2.05) is 0 Å². The molecule has 5 nitrogen and oxygen atoms in total. The van der Waals surface area contributed by atoms with Gasteiger partial charge in [0.1, 0.15) is 18.1 Å². The molecule has 2 heterocycles. The smallest absolute Gasteiger partial charge is 0.250 e. The average Bonchev–Trinajstić information content (AvgIpc) is 2.42. The maximum absolute atomic E-state index is 11.4. The van der Waals surface area contributed by atoms with Crippen molar-refractivity contribution in [3.05, 3.63) is 58.8 Å². The Hall–Kier alpha value is -2.43. The van der Waals surface area contributed by atoms with Crippen LogP contribution < -0.4 is 10.3 Å². The summed E-state index contributed by atoms with van der Waals surface area (Å²) >= 11 is 0. The molecule has 0 aromatic carbocycles. The molecule has 0 radical (unpaired) electrons. The van der Waals surface area contributed by atoms with E-state index < -0.39 is 0 Å². The number of carbonyl (C=O) groups excluding carboxylic acids is 1. The lowest BCUT2D eigenvalue weighted by Crippen LogP contribution is -2.21. The van der Waals surface area contributed by atoms with Crippen LogP contribution >= 0.6 is 0 Å².